The van der Waals surface area contributed by atoms with Gasteiger partial charge in [0.1, 0.15) is 5.58 Å². The van der Waals surface area contributed by atoms with Crippen molar-refractivity contribution >= 4 is 28.1 Å². The zero-order valence-electron chi connectivity index (χ0n) is 8.71. The van der Waals surface area contributed by atoms with Gasteiger partial charge in [-0.15, -0.1) is 0 Å². The van der Waals surface area contributed by atoms with Crippen LogP contribution in [0, 0.1) is 0 Å². The Labute approximate surface area is 96.0 Å². The second-order valence-electron chi connectivity index (χ2n) is 3.60. The zero-order valence-corrected chi connectivity index (χ0v) is 8.71. The second-order valence-corrected chi connectivity index (χ2v) is 3.60. The van der Waals surface area contributed by atoms with Crippen LogP contribution in [-0.2, 0) is 0 Å². The van der Waals surface area contributed by atoms with Gasteiger partial charge in [-0.25, -0.2) is 4.79 Å². The molecule has 0 atom stereocenters. The lowest BCUT2D eigenvalue weighted by atomic mass is 10.1. The second kappa shape index (κ2) is 3.52. The summed E-state index contributed by atoms with van der Waals surface area (Å²) < 4.78 is 10.3. The van der Waals surface area contributed by atoms with E-state index in [2.05, 4.69) is 4.74 Å². The Balaban J connectivity index is 2.35. The number of hydrogen-bond acceptors (Lipinski definition) is 3. The number of hydrogen-bond donors (Lipinski definition) is 1. The summed E-state index contributed by atoms with van der Waals surface area (Å²) in [6, 6.07) is 12.7. The minimum atomic E-state index is -1.35. The molecule has 4 nitrogen and oxygen atoms in total. The summed E-state index contributed by atoms with van der Waals surface area (Å²) in [4.78, 5) is 10.6. The molecule has 1 heterocycles. The van der Waals surface area contributed by atoms with Crippen LogP contribution >= 0.6 is 0 Å². The topological polar surface area (TPSA) is 59.7 Å². The standard InChI is InChI=1S/C13H8O4/c14-13(15)17-11-7-3-5-9-8-4-1-2-6-10(8)16-12(9)11/h1-7H,(H,14,15). The van der Waals surface area contributed by atoms with E-state index in [0.29, 0.717) is 11.2 Å². The largest absolute Gasteiger partial charge is 0.511 e. The maximum absolute atomic E-state index is 10.6. The van der Waals surface area contributed by atoms with Crippen molar-refractivity contribution in [3.05, 3.63) is 42.5 Å². The highest BCUT2D eigenvalue weighted by molar-refractivity contribution is 6.06. The van der Waals surface area contributed by atoms with Crippen LogP contribution in [0.5, 0.6) is 5.75 Å². The fraction of sp³-hybridized carbons (Fsp3) is 0. The number of para-hydroxylation sites is 2. The number of fused-ring (bicyclic) bond motifs is 3. The van der Waals surface area contributed by atoms with Gasteiger partial charge in [0.2, 0.25) is 0 Å². The van der Waals surface area contributed by atoms with E-state index in [1.54, 1.807) is 12.1 Å². The molecule has 0 spiro atoms. The molecular weight excluding hydrogens is 220 g/mol. The Bertz CT molecular complexity index is 712. The third-order valence-corrected chi connectivity index (χ3v) is 2.57. The smallest absolute Gasteiger partial charge is 0.452 e. The molecule has 0 saturated heterocycles. The Morgan fingerprint density at radius 2 is 1.82 bits per heavy atom. The molecule has 17 heavy (non-hydrogen) atoms. The summed E-state index contributed by atoms with van der Waals surface area (Å²) >= 11 is 0. The number of furan rings is 1. The Morgan fingerprint density at radius 1 is 1.06 bits per heavy atom. The molecule has 0 bridgehead atoms. The number of ether oxygens (including phenoxy) is 1. The predicted octanol–water partition coefficient (Wildman–Crippen LogP) is 3.64. The van der Waals surface area contributed by atoms with Crippen LogP contribution in [0.4, 0.5) is 4.79 Å². The molecule has 4 heteroatoms. The lowest BCUT2D eigenvalue weighted by Gasteiger charge is -1.99. The van der Waals surface area contributed by atoms with Crippen LogP contribution in [0.15, 0.2) is 46.9 Å². The molecule has 0 amide bonds. The lowest BCUT2D eigenvalue weighted by molar-refractivity contribution is 0.144. The molecule has 0 fully saturated rings. The van der Waals surface area contributed by atoms with Gasteiger partial charge in [-0.2, -0.15) is 0 Å². The maximum atomic E-state index is 10.6. The minimum Gasteiger partial charge on any atom is -0.452 e. The van der Waals surface area contributed by atoms with Crippen LogP contribution in [0.25, 0.3) is 21.9 Å². The molecule has 0 radical (unpaired) electrons. The van der Waals surface area contributed by atoms with E-state index in [4.69, 9.17) is 9.52 Å². The van der Waals surface area contributed by atoms with Gasteiger partial charge in [0, 0.05) is 10.8 Å². The minimum absolute atomic E-state index is 0.214. The fourth-order valence-electron chi connectivity index (χ4n) is 1.90. The molecular formula is C13H8O4. The molecule has 0 unspecified atom stereocenters. The van der Waals surface area contributed by atoms with Gasteiger partial charge in [-0.1, -0.05) is 30.3 Å². The molecule has 3 aromatic rings. The summed E-state index contributed by atoms with van der Waals surface area (Å²) in [6.45, 7) is 0. The average Bonchev–Trinajstić information content (AvgIpc) is 2.68. The molecule has 0 aliphatic carbocycles. The molecule has 0 aliphatic heterocycles. The normalized spacial score (nSPS) is 10.8. The first kappa shape index (κ1) is 9.72. The van der Waals surface area contributed by atoms with Crippen molar-refractivity contribution in [2.75, 3.05) is 0 Å². The van der Waals surface area contributed by atoms with Gasteiger partial charge in [-0.3, -0.25) is 0 Å². The van der Waals surface area contributed by atoms with E-state index in [9.17, 15) is 4.79 Å². The molecule has 3 rings (SSSR count). The number of rotatable bonds is 1. The molecule has 0 saturated carbocycles. The first-order valence-corrected chi connectivity index (χ1v) is 5.07. The summed E-state index contributed by atoms with van der Waals surface area (Å²) in [5, 5.41) is 10.4. The van der Waals surface area contributed by atoms with Gasteiger partial charge in [0.05, 0.1) is 0 Å². The highest BCUT2D eigenvalue weighted by Gasteiger charge is 2.12. The van der Waals surface area contributed by atoms with Crippen molar-refractivity contribution in [3.8, 4) is 5.75 Å². The summed E-state index contributed by atoms with van der Waals surface area (Å²) in [5.74, 6) is 0.214. The number of carboxylic acid groups (broad SMARTS) is 1. The summed E-state index contributed by atoms with van der Waals surface area (Å²) in [5.41, 5.74) is 1.17. The molecule has 1 N–H and O–H groups in total. The zero-order chi connectivity index (χ0) is 11.8. The SMILES string of the molecule is O=C(O)Oc1cccc2c1oc1ccccc12. The highest BCUT2D eigenvalue weighted by atomic mass is 16.7. The van der Waals surface area contributed by atoms with Crippen LogP contribution in [0.2, 0.25) is 0 Å². The Morgan fingerprint density at radius 3 is 2.65 bits per heavy atom. The van der Waals surface area contributed by atoms with Gasteiger partial charge < -0.3 is 14.3 Å². The summed E-state index contributed by atoms with van der Waals surface area (Å²) in [6.07, 6.45) is -1.35. The molecule has 0 aliphatic rings. The van der Waals surface area contributed by atoms with E-state index in [1.807, 2.05) is 30.3 Å². The molecule has 2 aromatic carbocycles. The van der Waals surface area contributed by atoms with Crippen molar-refractivity contribution in [2.45, 2.75) is 0 Å². The van der Waals surface area contributed by atoms with Gasteiger partial charge in [0.25, 0.3) is 0 Å². The van der Waals surface area contributed by atoms with E-state index in [-0.39, 0.29) is 5.75 Å². The van der Waals surface area contributed by atoms with Crippen molar-refractivity contribution in [1.82, 2.24) is 0 Å². The quantitative estimate of drug-likeness (QED) is 0.510. The lowest BCUT2D eigenvalue weighted by Crippen LogP contribution is -2.02. The van der Waals surface area contributed by atoms with E-state index >= 15 is 0 Å². The van der Waals surface area contributed by atoms with Crippen LogP contribution in [0.1, 0.15) is 0 Å². The summed E-state index contributed by atoms with van der Waals surface area (Å²) in [7, 11) is 0. The van der Waals surface area contributed by atoms with Gasteiger partial charge in [-0.05, 0) is 12.1 Å². The molecule has 84 valence electrons. The third-order valence-electron chi connectivity index (χ3n) is 2.57. The van der Waals surface area contributed by atoms with Crippen LogP contribution in [0.3, 0.4) is 0 Å². The monoisotopic (exact) mass is 228 g/mol. The maximum Gasteiger partial charge on any atom is 0.511 e. The average molecular weight is 228 g/mol. The van der Waals surface area contributed by atoms with E-state index in [1.165, 1.54) is 0 Å². The number of benzene rings is 2. The Hall–Kier alpha value is -2.49. The fourth-order valence-corrected chi connectivity index (χ4v) is 1.90. The van der Waals surface area contributed by atoms with E-state index < -0.39 is 6.16 Å². The van der Waals surface area contributed by atoms with Crippen LogP contribution in [-0.4, -0.2) is 11.3 Å². The van der Waals surface area contributed by atoms with Crippen molar-refractivity contribution < 1.29 is 19.1 Å². The van der Waals surface area contributed by atoms with Gasteiger partial charge >= 0.3 is 6.16 Å². The third kappa shape index (κ3) is 1.50. The predicted molar refractivity (Wildman–Crippen MR) is 62.4 cm³/mol. The van der Waals surface area contributed by atoms with E-state index in [0.717, 1.165) is 10.8 Å². The Kier molecular flexibility index (Phi) is 2.01. The highest BCUT2D eigenvalue weighted by Crippen LogP contribution is 2.34. The first-order chi connectivity index (χ1) is 8.25. The van der Waals surface area contributed by atoms with Crippen molar-refractivity contribution in [1.29, 1.82) is 0 Å². The van der Waals surface area contributed by atoms with Crippen LogP contribution < -0.4 is 4.74 Å². The van der Waals surface area contributed by atoms with Gasteiger partial charge in [0.15, 0.2) is 11.3 Å². The number of carbonyl (C=O) groups is 1. The first-order valence-electron chi connectivity index (χ1n) is 5.07. The molecule has 1 aromatic heterocycles. The van der Waals surface area contributed by atoms with Crippen molar-refractivity contribution in [2.24, 2.45) is 0 Å². The van der Waals surface area contributed by atoms with Crippen molar-refractivity contribution in [3.63, 3.8) is 0 Å².